The van der Waals surface area contributed by atoms with Crippen LogP contribution in [0.5, 0.6) is 5.75 Å². The van der Waals surface area contributed by atoms with Crippen LogP contribution >= 0.6 is 0 Å². The van der Waals surface area contributed by atoms with Gasteiger partial charge in [0.2, 0.25) is 0 Å². The quantitative estimate of drug-likeness (QED) is 0.771. The van der Waals surface area contributed by atoms with E-state index in [-0.39, 0.29) is 11.3 Å². The van der Waals surface area contributed by atoms with Crippen molar-refractivity contribution in [2.75, 3.05) is 19.8 Å². The molecule has 1 aliphatic heterocycles. The summed E-state index contributed by atoms with van der Waals surface area (Å²) in [6.45, 7) is 8.10. The largest absolute Gasteiger partial charge is 0.481 e. The van der Waals surface area contributed by atoms with Crippen molar-refractivity contribution in [3.63, 3.8) is 0 Å². The number of nitrogens with one attached hydrogen (secondary N) is 1. The van der Waals surface area contributed by atoms with Gasteiger partial charge in [0.1, 0.15) is 5.75 Å². The molecule has 3 rings (SSSR count). The summed E-state index contributed by atoms with van der Waals surface area (Å²) in [5.74, 6) is 1.04. The highest BCUT2D eigenvalue weighted by Crippen LogP contribution is 2.34. The van der Waals surface area contributed by atoms with Gasteiger partial charge >= 0.3 is 0 Å². The summed E-state index contributed by atoms with van der Waals surface area (Å²) in [4.78, 5) is 12.8. The van der Waals surface area contributed by atoms with E-state index in [1.807, 2.05) is 31.2 Å². The van der Waals surface area contributed by atoms with Crippen molar-refractivity contribution in [3.05, 3.63) is 65.7 Å². The molecule has 1 N–H and O–H groups in total. The third kappa shape index (κ3) is 4.74. The minimum atomic E-state index is -0.549. The van der Waals surface area contributed by atoms with E-state index in [1.165, 1.54) is 5.56 Å². The maximum Gasteiger partial charge on any atom is 0.260 e. The molecule has 0 radical (unpaired) electrons. The van der Waals surface area contributed by atoms with Gasteiger partial charge in [-0.1, -0.05) is 62.4 Å². The van der Waals surface area contributed by atoms with Crippen LogP contribution in [0.3, 0.4) is 0 Å². The molecule has 1 unspecified atom stereocenters. The van der Waals surface area contributed by atoms with Gasteiger partial charge in [-0.15, -0.1) is 0 Å². The minimum Gasteiger partial charge on any atom is -0.481 e. The molecule has 1 heterocycles. The predicted molar refractivity (Wildman–Crippen MR) is 112 cm³/mol. The molecule has 0 bridgehead atoms. The average molecular weight is 382 g/mol. The maximum atomic E-state index is 12.8. The van der Waals surface area contributed by atoms with E-state index < -0.39 is 6.10 Å². The van der Waals surface area contributed by atoms with Crippen LogP contribution in [0.1, 0.15) is 50.7 Å². The van der Waals surface area contributed by atoms with E-state index in [4.69, 9.17) is 9.47 Å². The Balaban J connectivity index is 1.66. The lowest BCUT2D eigenvalue weighted by atomic mass is 9.74. The highest BCUT2D eigenvalue weighted by Gasteiger charge is 2.35. The van der Waals surface area contributed by atoms with Crippen molar-refractivity contribution in [1.29, 1.82) is 0 Å². The lowest BCUT2D eigenvalue weighted by Gasteiger charge is -2.38. The number of hydrogen-bond donors (Lipinski definition) is 1. The molecule has 28 heavy (non-hydrogen) atoms. The van der Waals surface area contributed by atoms with Crippen LogP contribution in [-0.2, 0) is 14.9 Å². The number of amides is 1. The number of carbonyl (C=O) groups excluding carboxylic acids is 1. The fourth-order valence-corrected chi connectivity index (χ4v) is 3.83. The molecule has 0 aromatic heterocycles. The van der Waals surface area contributed by atoms with E-state index in [0.717, 1.165) is 37.4 Å². The van der Waals surface area contributed by atoms with Crippen LogP contribution in [-0.4, -0.2) is 31.8 Å². The smallest absolute Gasteiger partial charge is 0.260 e. The van der Waals surface area contributed by atoms with Gasteiger partial charge in [0.25, 0.3) is 5.91 Å². The Bertz CT molecular complexity index is 766. The van der Waals surface area contributed by atoms with Gasteiger partial charge in [-0.3, -0.25) is 4.79 Å². The summed E-state index contributed by atoms with van der Waals surface area (Å²) < 4.78 is 11.6. The topological polar surface area (TPSA) is 47.6 Å². The first-order valence-corrected chi connectivity index (χ1v) is 10.2. The SMILES string of the molecule is CC(Oc1ccccc1C(C)C)C(=O)NCC1(c2ccccc2)CCOCC1. The molecule has 4 heteroatoms. The van der Waals surface area contributed by atoms with Gasteiger partial charge in [-0.05, 0) is 42.9 Å². The first-order valence-electron chi connectivity index (χ1n) is 10.2. The second-order valence-electron chi connectivity index (χ2n) is 7.93. The Labute approximate surface area is 168 Å². The van der Waals surface area contributed by atoms with Crippen molar-refractivity contribution in [2.24, 2.45) is 0 Å². The van der Waals surface area contributed by atoms with Crippen molar-refractivity contribution in [1.82, 2.24) is 5.32 Å². The molecule has 150 valence electrons. The fourth-order valence-electron chi connectivity index (χ4n) is 3.83. The third-order valence-corrected chi connectivity index (χ3v) is 5.65. The average Bonchev–Trinajstić information content (AvgIpc) is 2.73. The van der Waals surface area contributed by atoms with Gasteiger partial charge in [0, 0.05) is 25.2 Å². The molecule has 0 saturated carbocycles. The lowest BCUT2D eigenvalue weighted by molar-refractivity contribution is -0.127. The number of rotatable bonds is 7. The molecule has 2 aromatic rings. The highest BCUT2D eigenvalue weighted by molar-refractivity contribution is 5.80. The second kappa shape index (κ2) is 9.24. The summed E-state index contributed by atoms with van der Waals surface area (Å²) in [6.07, 6.45) is 1.26. The lowest BCUT2D eigenvalue weighted by Crippen LogP contribution is -2.47. The van der Waals surface area contributed by atoms with Gasteiger partial charge in [-0.25, -0.2) is 0 Å². The van der Waals surface area contributed by atoms with E-state index in [9.17, 15) is 4.79 Å². The number of ether oxygens (including phenoxy) is 2. The minimum absolute atomic E-state index is 0.0786. The van der Waals surface area contributed by atoms with Crippen molar-refractivity contribution >= 4 is 5.91 Å². The van der Waals surface area contributed by atoms with Crippen LogP contribution < -0.4 is 10.1 Å². The summed E-state index contributed by atoms with van der Waals surface area (Å²) >= 11 is 0. The molecule has 4 nitrogen and oxygen atoms in total. The van der Waals surface area contributed by atoms with Gasteiger partial charge in [0.15, 0.2) is 6.10 Å². The van der Waals surface area contributed by atoms with Gasteiger partial charge in [0.05, 0.1) is 0 Å². The standard InChI is InChI=1S/C24H31NO3/c1-18(2)21-11-7-8-12-22(21)28-19(3)23(26)25-17-24(13-15-27-16-14-24)20-9-5-4-6-10-20/h4-12,18-19H,13-17H2,1-3H3,(H,25,26). The summed E-state index contributed by atoms with van der Waals surface area (Å²) in [5, 5.41) is 3.14. The van der Waals surface area contributed by atoms with E-state index in [0.29, 0.717) is 12.5 Å². The molecule has 1 atom stereocenters. The molecule has 1 saturated heterocycles. The van der Waals surface area contributed by atoms with Gasteiger partial charge in [-0.2, -0.15) is 0 Å². The Morgan fingerprint density at radius 2 is 1.68 bits per heavy atom. The first kappa shape index (κ1) is 20.4. The Morgan fingerprint density at radius 3 is 2.36 bits per heavy atom. The zero-order valence-corrected chi connectivity index (χ0v) is 17.1. The zero-order valence-electron chi connectivity index (χ0n) is 17.1. The number of benzene rings is 2. The molecule has 0 aliphatic carbocycles. The zero-order chi connectivity index (χ0) is 20.0. The molecule has 2 aromatic carbocycles. The van der Waals surface area contributed by atoms with Crippen LogP contribution in [0.2, 0.25) is 0 Å². The monoisotopic (exact) mass is 381 g/mol. The van der Waals surface area contributed by atoms with Gasteiger partial charge < -0.3 is 14.8 Å². The van der Waals surface area contributed by atoms with Crippen molar-refractivity contribution < 1.29 is 14.3 Å². The maximum absolute atomic E-state index is 12.8. The molecule has 1 amide bonds. The second-order valence-corrected chi connectivity index (χ2v) is 7.93. The van der Waals surface area contributed by atoms with Crippen molar-refractivity contribution in [3.8, 4) is 5.75 Å². The molecule has 1 fully saturated rings. The number of hydrogen-bond acceptors (Lipinski definition) is 3. The summed E-state index contributed by atoms with van der Waals surface area (Å²) in [5.41, 5.74) is 2.30. The van der Waals surface area contributed by atoms with Crippen molar-refractivity contribution in [2.45, 2.75) is 51.0 Å². The third-order valence-electron chi connectivity index (χ3n) is 5.65. The fraction of sp³-hybridized carbons (Fsp3) is 0.458. The van der Waals surface area contributed by atoms with Crippen LogP contribution in [0.4, 0.5) is 0 Å². The molecular formula is C24H31NO3. The highest BCUT2D eigenvalue weighted by atomic mass is 16.5. The van der Waals surface area contributed by atoms with Crippen LogP contribution in [0.15, 0.2) is 54.6 Å². The first-order chi connectivity index (χ1) is 13.5. The Hall–Kier alpha value is -2.33. The van der Waals surface area contributed by atoms with Crippen LogP contribution in [0.25, 0.3) is 0 Å². The van der Waals surface area contributed by atoms with Crippen LogP contribution in [0, 0.1) is 0 Å². The molecular weight excluding hydrogens is 350 g/mol. The number of carbonyl (C=O) groups is 1. The Morgan fingerprint density at radius 1 is 1.04 bits per heavy atom. The summed E-state index contributed by atoms with van der Waals surface area (Å²) in [7, 11) is 0. The van der Waals surface area contributed by atoms with E-state index in [2.05, 4.69) is 49.5 Å². The molecule has 0 spiro atoms. The molecule has 1 aliphatic rings. The normalized spacial score (nSPS) is 17.1. The predicted octanol–water partition coefficient (Wildman–Crippen LogP) is 4.44. The summed E-state index contributed by atoms with van der Waals surface area (Å²) in [6, 6.07) is 18.4. The number of para-hydroxylation sites is 1. The van der Waals surface area contributed by atoms with E-state index >= 15 is 0 Å². The van der Waals surface area contributed by atoms with E-state index in [1.54, 1.807) is 0 Å². The Kier molecular flexibility index (Phi) is 6.74.